The molecule has 0 aliphatic rings. The van der Waals surface area contributed by atoms with Gasteiger partial charge in [0.25, 0.3) is 0 Å². The molecule has 67 heavy (non-hydrogen) atoms. The van der Waals surface area contributed by atoms with Crippen molar-refractivity contribution in [2.75, 3.05) is 13.2 Å². The minimum Gasteiger partial charge on any atom is -0.462 e. The summed E-state index contributed by atoms with van der Waals surface area (Å²) in [7, 11) is 0. The molecule has 6 heteroatoms. The van der Waals surface area contributed by atoms with Crippen molar-refractivity contribution in [3.63, 3.8) is 0 Å². The van der Waals surface area contributed by atoms with Gasteiger partial charge in [0.1, 0.15) is 13.2 Å². The molecule has 0 unspecified atom stereocenters. The van der Waals surface area contributed by atoms with Crippen LogP contribution in [0.4, 0.5) is 0 Å². The van der Waals surface area contributed by atoms with E-state index < -0.39 is 6.10 Å². The first-order valence-corrected chi connectivity index (χ1v) is 28.1. The SMILES string of the molecule is CC/C=C\C/C=C\C/C=C\C/C=C\CCCCCCC(=O)OC[C@H](COC(=O)CCCCCCCCCCC/C=C\C/C=C\CCCCC)OC(=O)CCCCCCC/C=C\CCCCCC. The van der Waals surface area contributed by atoms with Crippen molar-refractivity contribution in [1.29, 1.82) is 0 Å². The molecule has 0 bridgehead atoms. The van der Waals surface area contributed by atoms with Gasteiger partial charge in [-0.25, -0.2) is 0 Å². The maximum atomic E-state index is 12.8. The van der Waals surface area contributed by atoms with E-state index in [-0.39, 0.29) is 31.1 Å². The first-order chi connectivity index (χ1) is 33.0. The standard InChI is InChI=1S/C61H104O6/c1-4-7-10-13-16-19-22-25-27-29-30-32-34-37-39-42-45-48-51-54-60(63)66-57-58(67-61(64)55-52-49-46-43-40-35-24-21-18-15-12-9-6-3)56-65-59(62)53-50-47-44-41-38-36-33-31-28-26-23-20-17-14-11-8-5-2/h8,11,16-17,19-21,24-28,33,36,58H,4-7,9-10,12-15,18,22-23,29-32,34-35,37-57H2,1-3H3/b11-8-,19-16-,20-17-,24-21-,27-25-,28-26-,36-33-/t58-/m1/s1. The van der Waals surface area contributed by atoms with E-state index in [0.29, 0.717) is 19.3 Å². The summed E-state index contributed by atoms with van der Waals surface area (Å²) < 4.78 is 16.8. The van der Waals surface area contributed by atoms with Gasteiger partial charge in [-0.2, -0.15) is 0 Å². The maximum absolute atomic E-state index is 12.8. The molecule has 6 nitrogen and oxygen atoms in total. The molecular formula is C61H104O6. The lowest BCUT2D eigenvalue weighted by Crippen LogP contribution is -2.30. The van der Waals surface area contributed by atoms with Crippen LogP contribution in [-0.2, 0) is 28.6 Å². The molecule has 0 amide bonds. The van der Waals surface area contributed by atoms with E-state index in [1.165, 1.54) is 109 Å². The second-order valence-corrected chi connectivity index (χ2v) is 18.5. The van der Waals surface area contributed by atoms with Gasteiger partial charge in [0.2, 0.25) is 0 Å². The van der Waals surface area contributed by atoms with Crippen molar-refractivity contribution >= 4 is 17.9 Å². The van der Waals surface area contributed by atoms with Crippen molar-refractivity contribution in [2.24, 2.45) is 0 Å². The fourth-order valence-corrected chi connectivity index (χ4v) is 7.63. The summed E-state index contributed by atoms with van der Waals surface area (Å²) in [6, 6.07) is 0. The number of allylic oxidation sites excluding steroid dienone is 14. The Morgan fingerprint density at radius 2 is 0.582 bits per heavy atom. The minimum absolute atomic E-state index is 0.0900. The highest BCUT2D eigenvalue weighted by Crippen LogP contribution is 2.14. The molecule has 0 aromatic carbocycles. The van der Waals surface area contributed by atoms with Crippen molar-refractivity contribution in [2.45, 2.75) is 271 Å². The lowest BCUT2D eigenvalue weighted by atomic mass is 10.1. The fraction of sp³-hybridized carbons (Fsp3) is 0.721. The molecule has 0 N–H and O–H groups in total. The summed E-state index contributed by atoms with van der Waals surface area (Å²) >= 11 is 0. The molecule has 0 radical (unpaired) electrons. The van der Waals surface area contributed by atoms with Crippen LogP contribution < -0.4 is 0 Å². The molecular weight excluding hydrogens is 829 g/mol. The van der Waals surface area contributed by atoms with Crippen molar-refractivity contribution in [3.8, 4) is 0 Å². The molecule has 384 valence electrons. The van der Waals surface area contributed by atoms with Gasteiger partial charge in [-0.3, -0.25) is 14.4 Å². The highest BCUT2D eigenvalue weighted by molar-refractivity contribution is 5.71. The Bertz CT molecular complexity index is 1300. The summed E-state index contributed by atoms with van der Waals surface area (Å²) in [6.07, 6.45) is 71.4. The molecule has 0 aliphatic heterocycles. The predicted octanol–water partition coefficient (Wildman–Crippen LogP) is 18.8. The van der Waals surface area contributed by atoms with Gasteiger partial charge in [-0.1, -0.05) is 215 Å². The van der Waals surface area contributed by atoms with E-state index >= 15 is 0 Å². The highest BCUT2D eigenvalue weighted by Gasteiger charge is 2.19. The zero-order valence-corrected chi connectivity index (χ0v) is 43.9. The number of carbonyl (C=O) groups is 3. The molecule has 0 aliphatic carbocycles. The first-order valence-electron chi connectivity index (χ1n) is 28.1. The van der Waals surface area contributed by atoms with Gasteiger partial charge in [0.05, 0.1) is 0 Å². The average molecular weight is 933 g/mol. The van der Waals surface area contributed by atoms with Gasteiger partial charge in [0.15, 0.2) is 6.10 Å². The zero-order chi connectivity index (χ0) is 48.6. The maximum Gasteiger partial charge on any atom is 0.306 e. The van der Waals surface area contributed by atoms with Crippen LogP contribution in [0.5, 0.6) is 0 Å². The van der Waals surface area contributed by atoms with Crippen molar-refractivity contribution < 1.29 is 28.6 Å². The molecule has 0 saturated heterocycles. The molecule has 0 rings (SSSR count). The zero-order valence-electron chi connectivity index (χ0n) is 43.9. The van der Waals surface area contributed by atoms with Crippen molar-refractivity contribution in [3.05, 3.63) is 85.1 Å². The van der Waals surface area contributed by atoms with Gasteiger partial charge < -0.3 is 14.2 Å². The van der Waals surface area contributed by atoms with Crippen LogP contribution in [0.1, 0.15) is 265 Å². The topological polar surface area (TPSA) is 78.9 Å². The van der Waals surface area contributed by atoms with Crippen molar-refractivity contribution in [1.82, 2.24) is 0 Å². The third-order valence-corrected chi connectivity index (χ3v) is 11.9. The van der Waals surface area contributed by atoms with Crippen LogP contribution in [0.2, 0.25) is 0 Å². The first kappa shape index (κ1) is 63.6. The fourth-order valence-electron chi connectivity index (χ4n) is 7.63. The monoisotopic (exact) mass is 933 g/mol. The average Bonchev–Trinajstić information content (AvgIpc) is 3.33. The lowest BCUT2D eigenvalue weighted by Gasteiger charge is -2.18. The summed E-state index contributed by atoms with van der Waals surface area (Å²) in [5.74, 6) is -0.924. The third-order valence-electron chi connectivity index (χ3n) is 11.9. The van der Waals surface area contributed by atoms with Gasteiger partial charge in [-0.15, -0.1) is 0 Å². The number of hydrogen-bond donors (Lipinski definition) is 0. The second-order valence-electron chi connectivity index (χ2n) is 18.5. The number of hydrogen-bond acceptors (Lipinski definition) is 6. The van der Waals surface area contributed by atoms with Crippen LogP contribution in [0.15, 0.2) is 85.1 Å². The number of ether oxygens (including phenoxy) is 3. The van der Waals surface area contributed by atoms with Crippen LogP contribution in [-0.4, -0.2) is 37.2 Å². The van der Waals surface area contributed by atoms with E-state index in [1.54, 1.807) is 0 Å². The molecule has 0 aromatic rings. The minimum atomic E-state index is -0.793. The largest absolute Gasteiger partial charge is 0.462 e. The normalized spacial score (nSPS) is 12.7. The highest BCUT2D eigenvalue weighted by atomic mass is 16.6. The Kier molecular flexibility index (Phi) is 52.4. The van der Waals surface area contributed by atoms with E-state index in [9.17, 15) is 14.4 Å². The van der Waals surface area contributed by atoms with E-state index in [4.69, 9.17) is 14.2 Å². The number of esters is 3. The molecule has 0 spiro atoms. The lowest BCUT2D eigenvalue weighted by molar-refractivity contribution is -0.167. The molecule has 0 fully saturated rings. The molecule has 0 heterocycles. The Morgan fingerprint density at radius 1 is 0.313 bits per heavy atom. The summed E-state index contributed by atoms with van der Waals surface area (Å²) in [4.78, 5) is 38.1. The number of rotatable bonds is 50. The Morgan fingerprint density at radius 3 is 0.955 bits per heavy atom. The summed E-state index contributed by atoms with van der Waals surface area (Å²) in [6.45, 7) is 6.46. The molecule has 0 saturated carbocycles. The van der Waals surface area contributed by atoms with E-state index in [2.05, 4.69) is 106 Å². The third kappa shape index (κ3) is 53.4. The summed E-state index contributed by atoms with van der Waals surface area (Å²) in [5.41, 5.74) is 0. The van der Waals surface area contributed by atoms with Gasteiger partial charge in [0, 0.05) is 19.3 Å². The molecule has 1 atom stereocenters. The van der Waals surface area contributed by atoms with Crippen LogP contribution >= 0.6 is 0 Å². The van der Waals surface area contributed by atoms with Crippen LogP contribution in [0.3, 0.4) is 0 Å². The number of unbranched alkanes of at least 4 members (excludes halogenated alkanes) is 25. The molecule has 0 aromatic heterocycles. The Hall–Kier alpha value is -3.41. The summed E-state index contributed by atoms with van der Waals surface area (Å²) in [5, 5.41) is 0. The van der Waals surface area contributed by atoms with E-state index in [0.717, 1.165) is 116 Å². The quantitative estimate of drug-likeness (QED) is 0.0262. The van der Waals surface area contributed by atoms with E-state index in [1.807, 2.05) is 0 Å². The number of carbonyl (C=O) groups excluding carboxylic acids is 3. The van der Waals surface area contributed by atoms with Gasteiger partial charge in [-0.05, 0) is 116 Å². The Balaban J connectivity index is 4.41. The smallest absolute Gasteiger partial charge is 0.306 e. The second kappa shape index (κ2) is 55.2. The van der Waals surface area contributed by atoms with Gasteiger partial charge >= 0.3 is 17.9 Å². The van der Waals surface area contributed by atoms with Crippen LogP contribution in [0, 0.1) is 0 Å². The Labute approximate surface area is 414 Å². The predicted molar refractivity (Wildman–Crippen MR) is 288 cm³/mol. The van der Waals surface area contributed by atoms with Crippen LogP contribution in [0.25, 0.3) is 0 Å².